The Balaban J connectivity index is 2.42. The number of allylic oxidation sites excluding steroid dienone is 1. The molecule has 0 aromatic heterocycles. The van der Waals surface area contributed by atoms with Gasteiger partial charge in [-0.05, 0) is 26.9 Å². The summed E-state index contributed by atoms with van der Waals surface area (Å²) in [6.07, 6.45) is 4.02. The van der Waals surface area contributed by atoms with Gasteiger partial charge in [0.2, 0.25) is 0 Å². The number of rotatable bonds is 4. The van der Waals surface area contributed by atoms with Gasteiger partial charge in [0.1, 0.15) is 0 Å². The highest BCUT2D eigenvalue weighted by atomic mass is 15.3. The minimum Gasteiger partial charge on any atom is -0.326 e. The van der Waals surface area contributed by atoms with Crippen molar-refractivity contribution in [2.24, 2.45) is 5.73 Å². The van der Waals surface area contributed by atoms with Crippen LogP contribution in [-0.2, 0) is 0 Å². The fourth-order valence-electron chi connectivity index (χ4n) is 2.01. The van der Waals surface area contributed by atoms with Crippen LogP contribution in [-0.4, -0.2) is 55.6 Å². The van der Waals surface area contributed by atoms with Gasteiger partial charge in [-0.25, -0.2) is 0 Å². The predicted octanol–water partition coefficient (Wildman–Crippen LogP) is 0.526. The molecular weight excluding hydrogens is 174 g/mol. The van der Waals surface area contributed by atoms with Gasteiger partial charge in [0.15, 0.2) is 0 Å². The van der Waals surface area contributed by atoms with Crippen LogP contribution >= 0.6 is 0 Å². The first kappa shape index (κ1) is 11.7. The summed E-state index contributed by atoms with van der Waals surface area (Å²) in [5.41, 5.74) is 6.17. The number of likely N-dealkylation sites (N-methyl/N-ethyl adjacent to an activating group) is 2. The van der Waals surface area contributed by atoms with Gasteiger partial charge in [0.05, 0.1) is 0 Å². The summed E-state index contributed by atoms with van der Waals surface area (Å²) < 4.78 is 0. The number of nitrogens with zero attached hydrogens (tertiary/aromatic N) is 2. The number of piperazine rings is 1. The van der Waals surface area contributed by atoms with Crippen molar-refractivity contribution in [2.75, 3.05) is 33.7 Å². The van der Waals surface area contributed by atoms with Crippen LogP contribution in [0.2, 0.25) is 0 Å². The zero-order valence-electron chi connectivity index (χ0n) is 9.45. The van der Waals surface area contributed by atoms with Gasteiger partial charge >= 0.3 is 0 Å². The first-order valence-electron chi connectivity index (χ1n) is 5.40. The van der Waals surface area contributed by atoms with Gasteiger partial charge in [0, 0.05) is 31.7 Å². The maximum atomic E-state index is 6.17. The molecule has 0 radical (unpaired) electrons. The van der Waals surface area contributed by atoms with Crippen molar-refractivity contribution >= 4 is 0 Å². The maximum absolute atomic E-state index is 6.17. The fraction of sp³-hybridized carbons (Fsp3) is 0.818. The van der Waals surface area contributed by atoms with E-state index in [1.54, 1.807) is 0 Å². The molecule has 0 bridgehead atoms. The molecule has 0 aromatic carbocycles. The molecule has 1 rings (SSSR count). The van der Waals surface area contributed by atoms with Crippen molar-refractivity contribution < 1.29 is 0 Å². The zero-order valence-corrected chi connectivity index (χ0v) is 9.45. The van der Waals surface area contributed by atoms with Crippen LogP contribution in [0.15, 0.2) is 12.7 Å². The standard InChI is InChI=1S/C11H23N3/c1-4-5-6-10(12)11-9-13(2)7-8-14(11)3/h4,10-11H,1,5-9,12H2,2-3H3. The minimum atomic E-state index is 0.278. The Bertz CT molecular complexity index is 181. The number of hydrogen-bond acceptors (Lipinski definition) is 3. The molecule has 3 heteroatoms. The summed E-state index contributed by atoms with van der Waals surface area (Å²) in [5.74, 6) is 0. The van der Waals surface area contributed by atoms with Crippen molar-refractivity contribution in [3.05, 3.63) is 12.7 Å². The SMILES string of the molecule is C=CCCC(N)C1CN(C)CCN1C. The summed E-state index contributed by atoms with van der Waals surface area (Å²) in [7, 11) is 4.34. The summed E-state index contributed by atoms with van der Waals surface area (Å²) in [6, 6.07) is 0.787. The van der Waals surface area contributed by atoms with Crippen molar-refractivity contribution in [3.8, 4) is 0 Å². The van der Waals surface area contributed by atoms with Crippen LogP contribution in [0.5, 0.6) is 0 Å². The van der Waals surface area contributed by atoms with Gasteiger partial charge in [-0.3, -0.25) is 4.90 Å². The van der Waals surface area contributed by atoms with Crippen molar-refractivity contribution in [2.45, 2.75) is 24.9 Å². The van der Waals surface area contributed by atoms with E-state index in [9.17, 15) is 0 Å². The lowest BCUT2D eigenvalue weighted by Crippen LogP contribution is -2.57. The molecule has 0 spiro atoms. The average molecular weight is 197 g/mol. The van der Waals surface area contributed by atoms with Crippen LogP contribution < -0.4 is 5.73 Å². The van der Waals surface area contributed by atoms with E-state index in [2.05, 4.69) is 30.5 Å². The van der Waals surface area contributed by atoms with E-state index >= 15 is 0 Å². The Labute approximate surface area is 87.6 Å². The first-order valence-corrected chi connectivity index (χ1v) is 5.40. The van der Waals surface area contributed by atoms with Crippen molar-refractivity contribution in [1.29, 1.82) is 0 Å². The van der Waals surface area contributed by atoms with Crippen molar-refractivity contribution in [3.63, 3.8) is 0 Å². The molecule has 2 N–H and O–H groups in total. The fourth-order valence-corrected chi connectivity index (χ4v) is 2.01. The Kier molecular flexibility index (Phi) is 4.58. The third-order valence-electron chi connectivity index (χ3n) is 3.10. The summed E-state index contributed by atoms with van der Waals surface area (Å²) in [4.78, 5) is 4.74. The van der Waals surface area contributed by atoms with E-state index in [1.165, 1.54) is 0 Å². The van der Waals surface area contributed by atoms with Crippen LogP contribution in [0.4, 0.5) is 0 Å². The first-order chi connectivity index (χ1) is 6.65. The monoisotopic (exact) mass is 197 g/mol. The molecular formula is C11H23N3. The highest BCUT2D eigenvalue weighted by molar-refractivity contribution is 4.88. The molecule has 0 aliphatic carbocycles. The van der Waals surface area contributed by atoms with Gasteiger partial charge in [0.25, 0.3) is 0 Å². The van der Waals surface area contributed by atoms with Crippen LogP contribution in [0.3, 0.4) is 0 Å². The lowest BCUT2D eigenvalue weighted by Gasteiger charge is -2.40. The van der Waals surface area contributed by atoms with Crippen LogP contribution in [0, 0.1) is 0 Å². The molecule has 1 fully saturated rings. The number of hydrogen-bond donors (Lipinski definition) is 1. The molecule has 2 unspecified atom stereocenters. The number of nitrogens with two attached hydrogens (primary N) is 1. The molecule has 0 saturated carbocycles. The summed E-state index contributed by atoms with van der Waals surface area (Å²) >= 11 is 0. The molecule has 0 aromatic rings. The second kappa shape index (κ2) is 5.49. The van der Waals surface area contributed by atoms with E-state index < -0.39 is 0 Å². The Morgan fingerprint density at radius 2 is 2.21 bits per heavy atom. The normalized spacial score (nSPS) is 27.5. The van der Waals surface area contributed by atoms with Gasteiger partial charge < -0.3 is 10.6 Å². The molecule has 1 heterocycles. The Hall–Kier alpha value is -0.380. The summed E-state index contributed by atoms with van der Waals surface area (Å²) in [6.45, 7) is 7.11. The summed E-state index contributed by atoms with van der Waals surface area (Å²) in [5, 5.41) is 0. The van der Waals surface area contributed by atoms with Crippen LogP contribution in [0.25, 0.3) is 0 Å². The highest BCUT2D eigenvalue weighted by Gasteiger charge is 2.26. The molecule has 1 saturated heterocycles. The van der Waals surface area contributed by atoms with E-state index in [4.69, 9.17) is 5.73 Å². The van der Waals surface area contributed by atoms with E-state index in [1.807, 2.05) is 6.08 Å². The Morgan fingerprint density at radius 1 is 1.50 bits per heavy atom. The molecule has 1 aliphatic heterocycles. The topological polar surface area (TPSA) is 32.5 Å². The maximum Gasteiger partial charge on any atom is 0.0371 e. The third kappa shape index (κ3) is 3.08. The van der Waals surface area contributed by atoms with E-state index in [-0.39, 0.29) is 6.04 Å². The second-order valence-corrected chi connectivity index (χ2v) is 4.34. The quantitative estimate of drug-likeness (QED) is 0.667. The molecule has 82 valence electrons. The van der Waals surface area contributed by atoms with Crippen LogP contribution in [0.1, 0.15) is 12.8 Å². The van der Waals surface area contributed by atoms with Gasteiger partial charge in [-0.1, -0.05) is 6.08 Å². The molecule has 1 aliphatic rings. The minimum absolute atomic E-state index is 0.278. The van der Waals surface area contributed by atoms with E-state index in [0.717, 1.165) is 32.5 Å². The highest BCUT2D eigenvalue weighted by Crippen LogP contribution is 2.12. The van der Waals surface area contributed by atoms with Gasteiger partial charge in [-0.15, -0.1) is 6.58 Å². The average Bonchev–Trinajstić information content (AvgIpc) is 2.18. The lowest BCUT2D eigenvalue weighted by atomic mass is 10.0. The molecule has 14 heavy (non-hydrogen) atoms. The Morgan fingerprint density at radius 3 is 2.86 bits per heavy atom. The smallest absolute Gasteiger partial charge is 0.0371 e. The molecule has 0 amide bonds. The largest absolute Gasteiger partial charge is 0.326 e. The van der Waals surface area contributed by atoms with Gasteiger partial charge in [-0.2, -0.15) is 0 Å². The van der Waals surface area contributed by atoms with E-state index in [0.29, 0.717) is 6.04 Å². The lowest BCUT2D eigenvalue weighted by molar-refractivity contribution is 0.0955. The zero-order chi connectivity index (χ0) is 10.6. The predicted molar refractivity (Wildman–Crippen MR) is 61.3 cm³/mol. The van der Waals surface area contributed by atoms with Crippen molar-refractivity contribution in [1.82, 2.24) is 9.80 Å². The molecule has 2 atom stereocenters. The molecule has 3 nitrogen and oxygen atoms in total. The third-order valence-corrected chi connectivity index (χ3v) is 3.10. The second-order valence-electron chi connectivity index (χ2n) is 4.34.